The zero-order valence-electron chi connectivity index (χ0n) is 8.23. The molecular weight excluding hydrogens is 211 g/mol. The monoisotopic (exact) mass is 223 g/mol. The molecule has 1 atom stereocenters. The van der Waals surface area contributed by atoms with Crippen LogP contribution in [-0.4, -0.2) is 24.9 Å². The Bertz CT molecular complexity index is 245. The maximum Gasteiger partial charge on any atom is 0.422 e. The van der Waals surface area contributed by atoms with Crippen molar-refractivity contribution in [3.63, 3.8) is 0 Å². The summed E-state index contributed by atoms with van der Waals surface area (Å²) >= 11 is 0. The van der Waals surface area contributed by atoms with Crippen LogP contribution in [0.3, 0.4) is 0 Å². The van der Waals surface area contributed by atoms with E-state index in [1.165, 1.54) is 0 Å². The van der Waals surface area contributed by atoms with Gasteiger partial charge in [0.2, 0.25) is 0 Å². The van der Waals surface area contributed by atoms with E-state index in [2.05, 4.69) is 16.0 Å². The zero-order valence-corrected chi connectivity index (χ0v) is 8.23. The Labute approximate surface area is 86.0 Å². The average Bonchev–Trinajstić information content (AvgIpc) is 2.13. The molecule has 86 valence electrons. The van der Waals surface area contributed by atoms with Crippen molar-refractivity contribution < 1.29 is 22.7 Å². The number of carbonyl (C=O) groups excluding carboxylic acids is 1. The fraction of sp³-hybridized carbons (Fsp3) is 0.667. The third kappa shape index (κ3) is 7.67. The summed E-state index contributed by atoms with van der Waals surface area (Å²) in [4.78, 5) is 10.8. The molecule has 3 nitrogen and oxygen atoms in total. The van der Waals surface area contributed by atoms with Gasteiger partial charge in [0.05, 0.1) is 0 Å². The van der Waals surface area contributed by atoms with E-state index in [0.29, 0.717) is 6.42 Å². The van der Waals surface area contributed by atoms with Crippen LogP contribution in [-0.2, 0) is 4.74 Å². The number of hydrogen-bond donors (Lipinski definition) is 1. The Hall–Kier alpha value is -1.38. The van der Waals surface area contributed by atoms with Gasteiger partial charge < -0.3 is 10.1 Å². The van der Waals surface area contributed by atoms with E-state index in [0.717, 1.165) is 0 Å². The fourth-order valence-electron chi connectivity index (χ4n) is 0.795. The summed E-state index contributed by atoms with van der Waals surface area (Å²) in [5.41, 5.74) is 0. The molecule has 0 rings (SSSR count). The number of amides is 1. The van der Waals surface area contributed by atoms with Gasteiger partial charge in [0.25, 0.3) is 0 Å². The van der Waals surface area contributed by atoms with E-state index in [9.17, 15) is 18.0 Å². The molecule has 0 radical (unpaired) electrons. The highest BCUT2D eigenvalue weighted by molar-refractivity contribution is 5.67. The Kier molecular flexibility index (Phi) is 5.60. The van der Waals surface area contributed by atoms with E-state index in [1.807, 2.05) is 0 Å². The van der Waals surface area contributed by atoms with Gasteiger partial charge in [-0.2, -0.15) is 13.2 Å². The van der Waals surface area contributed by atoms with Crippen LogP contribution in [0.4, 0.5) is 18.0 Å². The summed E-state index contributed by atoms with van der Waals surface area (Å²) < 4.78 is 38.9. The maximum absolute atomic E-state index is 11.6. The Morgan fingerprint density at radius 1 is 1.60 bits per heavy atom. The molecule has 0 aromatic rings. The lowest BCUT2D eigenvalue weighted by atomic mass is 10.2. The first-order chi connectivity index (χ1) is 6.89. The number of hydrogen-bond acceptors (Lipinski definition) is 2. The van der Waals surface area contributed by atoms with E-state index < -0.39 is 18.9 Å². The highest BCUT2D eigenvalue weighted by Crippen LogP contribution is 2.14. The second-order valence-corrected chi connectivity index (χ2v) is 2.85. The first-order valence-corrected chi connectivity index (χ1v) is 4.32. The lowest BCUT2D eigenvalue weighted by molar-refractivity contribution is -0.160. The maximum atomic E-state index is 11.6. The van der Waals surface area contributed by atoms with Crippen molar-refractivity contribution in [2.24, 2.45) is 0 Å². The second kappa shape index (κ2) is 6.17. The summed E-state index contributed by atoms with van der Waals surface area (Å²) in [5, 5.41) is 2.24. The number of ether oxygens (including phenoxy) is 1. The molecule has 0 saturated heterocycles. The van der Waals surface area contributed by atoms with Gasteiger partial charge in [-0.3, -0.25) is 0 Å². The van der Waals surface area contributed by atoms with Gasteiger partial charge in [-0.25, -0.2) is 4.79 Å². The van der Waals surface area contributed by atoms with Crippen LogP contribution in [0.2, 0.25) is 0 Å². The minimum Gasteiger partial charge on any atom is -0.440 e. The van der Waals surface area contributed by atoms with Crippen LogP contribution >= 0.6 is 0 Å². The third-order valence-electron chi connectivity index (χ3n) is 1.55. The average molecular weight is 223 g/mol. The highest BCUT2D eigenvalue weighted by atomic mass is 19.4. The SMILES string of the molecule is C#CCC(CC)NC(=O)OCC(F)(F)F. The quantitative estimate of drug-likeness (QED) is 0.741. The van der Waals surface area contributed by atoms with Crippen LogP contribution < -0.4 is 5.32 Å². The molecule has 0 aromatic carbocycles. The third-order valence-corrected chi connectivity index (χ3v) is 1.55. The minimum atomic E-state index is -4.51. The number of terminal acetylenes is 1. The lowest BCUT2D eigenvalue weighted by Gasteiger charge is -2.14. The predicted octanol–water partition coefficient (Wildman–Crippen LogP) is 2.08. The van der Waals surface area contributed by atoms with Crippen LogP contribution in [0, 0.1) is 12.3 Å². The van der Waals surface area contributed by atoms with Crippen LogP contribution in [0.5, 0.6) is 0 Å². The Morgan fingerprint density at radius 2 is 2.20 bits per heavy atom. The normalized spacial score (nSPS) is 12.7. The van der Waals surface area contributed by atoms with Crippen molar-refractivity contribution >= 4 is 6.09 Å². The zero-order chi connectivity index (χ0) is 11.9. The molecule has 0 heterocycles. The summed E-state index contributed by atoms with van der Waals surface area (Å²) in [5.74, 6) is 2.30. The predicted molar refractivity (Wildman–Crippen MR) is 48.1 cm³/mol. The summed E-state index contributed by atoms with van der Waals surface area (Å²) in [6, 6.07) is -0.351. The van der Waals surface area contributed by atoms with E-state index in [1.54, 1.807) is 6.92 Å². The minimum absolute atomic E-state index is 0.262. The van der Waals surface area contributed by atoms with Crippen molar-refractivity contribution in [3.8, 4) is 12.3 Å². The van der Waals surface area contributed by atoms with Crippen LogP contribution in [0.1, 0.15) is 19.8 Å². The fourth-order valence-corrected chi connectivity index (χ4v) is 0.795. The largest absolute Gasteiger partial charge is 0.440 e. The molecule has 0 aliphatic carbocycles. The molecule has 0 saturated carbocycles. The molecule has 0 aliphatic rings. The van der Waals surface area contributed by atoms with Crippen LogP contribution in [0.15, 0.2) is 0 Å². The highest BCUT2D eigenvalue weighted by Gasteiger charge is 2.29. The molecule has 0 bridgehead atoms. The van der Waals surface area contributed by atoms with Gasteiger partial charge in [0.1, 0.15) is 0 Å². The number of alkyl carbamates (subject to hydrolysis) is 1. The molecule has 0 aliphatic heterocycles. The lowest BCUT2D eigenvalue weighted by Crippen LogP contribution is -2.36. The molecule has 6 heteroatoms. The molecule has 1 N–H and O–H groups in total. The smallest absolute Gasteiger partial charge is 0.422 e. The molecular formula is C9H12F3NO2. The summed E-state index contributed by atoms with van der Waals surface area (Å²) in [7, 11) is 0. The van der Waals surface area contributed by atoms with E-state index in [-0.39, 0.29) is 12.5 Å². The van der Waals surface area contributed by atoms with Crippen LogP contribution in [0.25, 0.3) is 0 Å². The van der Waals surface area contributed by atoms with Gasteiger partial charge >= 0.3 is 12.3 Å². The molecule has 0 spiro atoms. The van der Waals surface area contributed by atoms with Gasteiger partial charge in [-0.15, -0.1) is 12.3 Å². The second-order valence-electron chi connectivity index (χ2n) is 2.85. The molecule has 0 fully saturated rings. The number of rotatable bonds is 4. The van der Waals surface area contributed by atoms with E-state index in [4.69, 9.17) is 6.42 Å². The van der Waals surface area contributed by atoms with Crippen molar-refractivity contribution in [3.05, 3.63) is 0 Å². The van der Waals surface area contributed by atoms with E-state index >= 15 is 0 Å². The Morgan fingerprint density at radius 3 is 2.60 bits per heavy atom. The van der Waals surface area contributed by atoms with Gasteiger partial charge in [0.15, 0.2) is 6.61 Å². The van der Waals surface area contributed by atoms with Gasteiger partial charge in [-0.1, -0.05) is 6.92 Å². The molecule has 15 heavy (non-hydrogen) atoms. The Balaban J connectivity index is 3.87. The number of halogens is 3. The van der Waals surface area contributed by atoms with Crippen molar-refractivity contribution in [1.29, 1.82) is 0 Å². The first kappa shape index (κ1) is 13.6. The van der Waals surface area contributed by atoms with Gasteiger partial charge in [0, 0.05) is 12.5 Å². The summed E-state index contributed by atoms with van der Waals surface area (Å²) in [6.45, 7) is 0.164. The van der Waals surface area contributed by atoms with Gasteiger partial charge in [-0.05, 0) is 6.42 Å². The van der Waals surface area contributed by atoms with Crippen molar-refractivity contribution in [1.82, 2.24) is 5.32 Å². The molecule has 1 unspecified atom stereocenters. The summed E-state index contributed by atoms with van der Waals surface area (Å²) in [6.07, 6.45) is 0.185. The number of nitrogens with one attached hydrogen (secondary N) is 1. The number of carbonyl (C=O) groups is 1. The van der Waals surface area contributed by atoms with Crippen molar-refractivity contribution in [2.75, 3.05) is 6.61 Å². The first-order valence-electron chi connectivity index (χ1n) is 4.32. The molecule has 1 amide bonds. The standard InChI is InChI=1S/C9H12F3NO2/c1-3-5-7(4-2)13-8(14)15-6-9(10,11)12/h1,7H,4-6H2,2H3,(H,13,14). The van der Waals surface area contributed by atoms with Crippen molar-refractivity contribution in [2.45, 2.75) is 32.0 Å². The number of alkyl halides is 3. The molecule has 0 aromatic heterocycles. The topological polar surface area (TPSA) is 38.3 Å².